The minimum atomic E-state index is -0.517. The zero-order chi connectivity index (χ0) is 17.7. The van der Waals surface area contributed by atoms with Crippen LogP contribution in [-0.2, 0) is 6.42 Å². The monoisotopic (exact) mass is 344 g/mol. The Labute approximate surface area is 145 Å². The summed E-state index contributed by atoms with van der Waals surface area (Å²) in [6.45, 7) is 0. The maximum absolute atomic E-state index is 14.7. The lowest BCUT2D eigenvalue weighted by Crippen LogP contribution is -2.22. The molecule has 0 saturated carbocycles. The predicted molar refractivity (Wildman–Crippen MR) is 93.9 cm³/mol. The lowest BCUT2D eigenvalue weighted by Gasteiger charge is -2.19. The number of thiocarbonyl (C=S) groups is 1. The maximum Gasteiger partial charge on any atom is 0.169 e. The summed E-state index contributed by atoms with van der Waals surface area (Å²) in [4.78, 5) is 0.175. The van der Waals surface area contributed by atoms with Gasteiger partial charge in [0.05, 0.1) is 30.8 Å². The molecule has 0 radical (unpaired) electrons. The van der Waals surface area contributed by atoms with E-state index in [2.05, 4.69) is 6.07 Å². The largest absolute Gasteiger partial charge is 0.497 e. The summed E-state index contributed by atoms with van der Waals surface area (Å²) in [5.74, 6) is -0.489. The molecule has 2 aromatic carbocycles. The van der Waals surface area contributed by atoms with Gasteiger partial charge in [-0.05, 0) is 30.2 Å². The van der Waals surface area contributed by atoms with Crippen LogP contribution in [0.4, 0.5) is 4.39 Å². The molecule has 2 aromatic rings. The molecule has 124 valence electrons. The lowest BCUT2D eigenvalue weighted by molar-refractivity contribution is 0.370. The number of nitrogens with two attached hydrogens (primary N) is 1. The molecule has 0 heterocycles. The Balaban J connectivity index is 2.43. The number of ether oxygens (including phenoxy) is 2. The normalized spacial score (nSPS) is 11.4. The van der Waals surface area contributed by atoms with Crippen LogP contribution in [0, 0.1) is 17.1 Å². The summed E-state index contributed by atoms with van der Waals surface area (Å²) < 4.78 is 24.9. The van der Waals surface area contributed by atoms with Gasteiger partial charge >= 0.3 is 0 Å². The van der Waals surface area contributed by atoms with E-state index in [1.165, 1.54) is 20.3 Å². The molecular formula is C18H17FN2O2S. The van der Waals surface area contributed by atoms with Crippen LogP contribution in [0.15, 0.2) is 36.4 Å². The number of rotatable bonds is 6. The molecule has 0 aliphatic heterocycles. The minimum Gasteiger partial charge on any atom is -0.497 e. The molecule has 24 heavy (non-hydrogen) atoms. The van der Waals surface area contributed by atoms with Crippen molar-refractivity contribution in [2.75, 3.05) is 14.2 Å². The number of hydrogen-bond donors (Lipinski definition) is 1. The average molecular weight is 344 g/mol. The lowest BCUT2D eigenvalue weighted by atomic mass is 9.90. The molecule has 6 heteroatoms. The van der Waals surface area contributed by atoms with Gasteiger partial charge in [0.2, 0.25) is 0 Å². The van der Waals surface area contributed by atoms with E-state index in [-0.39, 0.29) is 10.7 Å². The highest BCUT2D eigenvalue weighted by Gasteiger charge is 2.23. The molecule has 1 atom stereocenters. The van der Waals surface area contributed by atoms with Gasteiger partial charge in [-0.2, -0.15) is 5.26 Å². The van der Waals surface area contributed by atoms with Gasteiger partial charge in [0.25, 0.3) is 0 Å². The number of methoxy groups -OCH3 is 2. The zero-order valence-electron chi connectivity index (χ0n) is 13.4. The highest BCUT2D eigenvalue weighted by Crippen LogP contribution is 2.33. The van der Waals surface area contributed by atoms with Gasteiger partial charge in [-0.25, -0.2) is 4.39 Å². The SMILES string of the molecule is COc1cc(OC)c(F)c(C(Cc2ccc(C#N)cc2)C(N)=S)c1. The van der Waals surface area contributed by atoms with Crippen molar-refractivity contribution < 1.29 is 13.9 Å². The molecule has 0 aliphatic carbocycles. The van der Waals surface area contributed by atoms with E-state index in [1.807, 2.05) is 0 Å². The van der Waals surface area contributed by atoms with E-state index in [1.54, 1.807) is 30.3 Å². The van der Waals surface area contributed by atoms with Gasteiger partial charge in [0.1, 0.15) is 5.75 Å². The predicted octanol–water partition coefficient (Wildman–Crippen LogP) is 3.33. The van der Waals surface area contributed by atoms with Crippen LogP contribution in [-0.4, -0.2) is 19.2 Å². The van der Waals surface area contributed by atoms with Crippen molar-refractivity contribution in [3.63, 3.8) is 0 Å². The van der Waals surface area contributed by atoms with Crippen molar-refractivity contribution in [1.82, 2.24) is 0 Å². The second kappa shape index (κ2) is 7.75. The van der Waals surface area contributed by atoms with Crippen LogP contribution >= 0.6 is 12.2 Å². The molecule has 0 saturated heterocycles. The van der Waals surface area contributed by atoms with Gasteiger partial charge in [-0.1, -0.05) is 24.4 Å². The fourth-order valence-corrected chi connectivity index (χ4v) is 2.64. The highest BCUT2D eigenvalue weighted by molar-refractivity contribution is 7.80. The van der Waals surface area contributed by atoms with Crippen molar-refractivity contribution in [3.05, 3.63) is 58.9 Å². The van der Waals surface area contributed by atoms with E-state index < -0.39 is 11.7 Å². The standard InChI is InChI=1S/C18H17FN2O2S/c1-22-13-8-14(17(19)16(9-13)23-2)15(18(21)24)7-11-3-5-12(10-20)6-4-11/h3-6,8-9,15H,7H2,1-2H3,(H2,21,24). The molecule has 0 spiro atoms. The molecule has 2 N–H and O–H groups in total. The first kappa shape index (κ1) is 17.7. The Hall–Kier alpha value is -2.65. The third-order valence-electron chi connectivity index (χ3n) is 3.74. The zero-order valence-corrected chi connectivity index (χ0v) is 14.2. The molecule has 2 rings (SSSR count). The Kier molecular flexibility index (Phi) is 5.72. The first-order valence-electron chi connectivity index (χ1n) is 7.20. The topological polar surface area (TPSA) is 68.3 Å². The molecule has 0 fully saturated rings. The van der Waals surface area contributed by atoms with E-state index in [0.29, 0.717) is 23.3 Å². The quantitative estimate of drug-likeness (QED) is 0.814. The Morgan fingerprint density at radius 2 is 1.92 bits per heavy atom. The first-order chi connectivity index (χ1) is 11.5. The molecule has 0 aromatic heterocycles. The number of hydrogen-bond acceptors (Lipinski definition) is 4. The smallest absolute Gasteiger partial charge is 0.169 e. The highest BCUT2D eigenvalue weighted by atomic mass is 32.1. The summed E-state index contributed by atoms with van der Waals surface area (Å²) in [5.41, 5.74) is 7.63. The fourth-order valence-electron chi connectivity index (χ4n) is 2.43. The van der Waals surface area contributed by atoms with E-state index in [0.717, 1.165) is 5.56 Å². The van der Waals surface area contributed by atoms with E-state index in [4.69, 9.17) is 32.7 Å². The second-order valence-electron chi connectivity index (χ2n) is 5.20. The van der Waals surface area contributed by atoms with Crippen molar-refractivity contribution >= 4 is 17.2 Å². The van der Waals surface area contributed by atoms with Gasteiger partial charge in [0.15, 0.2) is 11.6 Å². The van der Waals surface area contributed by atoms with Crippen LogP contribution in [0.25, 0.3) is 0 Å². The molecular weight excluding hydrogens is 327 g/mol. The number of nitriles is 1. The Morgan fingerprint density at radius 1 is 1.25 bits per heavy atom. The van der Waals surface area contributed by atoms with Crippen molar-refractivity contribution in [1.29, 1.82) is 5.26 Å². The molecule has 0 aliphatic rings. The van der Waals surface area contributed by atoms with Gasteiger partial charge < -0.3 is 15.2 Å². The summed E-state index contributed by atoms with van der Waals surface area (Å²) in [7, 11) is 2.88. The van der Waals surface area contributed by atoms with E-state index >= 15 is 0 Å². The fraction of sp³-hybridized carbons (Fsp3) is 0.222. The van der Waals surface area contributed by atoms with Crippen molar-refractivity contribution in [2.45, 2.75) is 12.3 Å². The van der Waals surface area contributed by atoms with Crippen LogP contribution in [0.2, 0.25) is 0 Å². The van der Waals surface area contributed by atoms with Crippen LogP contribution in [0.3, 0.4) is 0 Å². The summed E-state index contributed by atoms with van der Waals surface area (Å²) in [5, 5.41) is 8.86. The van der Waals surface area contributed by atoms with Crippen LogP contribution in [0.5, 0.6) is 11.5 Å². The average Bonchev–Trinajstić information content (AvgIpc) is 2.60. The third kappa shape index (κ3) is 3.81. The first-order valence-corrected chi connectivity index (χ1v) is 7.60. The summed E-state index contributed by atoms with van der Waals surface area (Å²) >= 11 is 5.14. The minimum absolute atomic E-state index is 0.0745. The van der Waals surface area contributed by atoms with E-state index in [9.17, 15) is 4.39 Å². The van der Waals surface area contributed by atoms with Crippen LogP contribution < -0.4 is 15.2 Å². The number of halogens is 1. The van der Waals surface area contributed by atoms with Crippen LogP contribution in [0.1, 0.15) is 22.6 Å². The maximum atomic E-state index is 14.7. The third-order valence-corrected chi connectivity index (χ3v) is 4.02. The molecule has 0 amide bonds. The van der Waals surface area contributed by atoms with Gasteiger partial charge in [0, 0.05) is 17.5 Å². The van der Waals surface area contributed by atoms with Gasteiger partial charge in [-0.15, -0.1) is 0 Å². The molecule has 0 bridgehead atoms. The molecule has 4 nitrogen and oxygen atoms in total. The summed E-state index contributed by atoms with van der Waals surface area (Å²) in [6.07, 6.45) is 0.411. The number of nitrogens with zero attached hydrogens (tertiary/aromatic N) is 1. The second-order valence-corrected chi connectivity index (χ2v) is 5.67. The van der Waals surface area contributed by atoms with Gasteiger partial charge in [-0.3, -0.25) is 0 Å². The Morgan fingerprint density at radius 3 is 2.42 bits per heavy atom. The Bertz CT molecular complexity index is 785. The summed E-state index contributed by atoms with van der Waals surface area (Å²) in [6, 6.07) is 12.1. The van der Waals surface area contributed by atoms with Crippen molar-refractivity contribution in [2.24, 2.45) is 5.73 Å². The molecule has 1 unspecified atom stereocenters. The van der Waals surface area contributed by atoms with Crippen molar-refractivity contribution in [3.8, 4) is 17.6 Å². The number of benzene rings is 2.